The van der Waals surface area contributed by atoms with Crippen molar-refractivity contribution in [3.05, 3.63) is 0 Å². The molecule has 0 aliphatic carbocycles. The molecule has 1 heterocycles. The van der Waals surface area contributed by atoms with Gasteiger partial charge in [-0.05, 0) is 75.7 Å². The maximum Gasteiger partial charge on any atom is 0.0237 e. The Morgan fingerprint density at radius 3 is 1.94 bits per heavy atom. The van der Waals surface area contributed by atoms with Crippen molar-refractivity contribution < 1.29 is 0 Å². The summed E-state index contributed by atoms with van der Waals surface area (Å²) >= 11 is 0. The van der Waals surface area contributed by atoms with E-state index in [1.807, 2.05) is 0 Å². The first-order valence-corrected chi connectivity index (χ1v) is 16.2. The molecule has 1 heteroatoms. The van der Waals surface area contributed by atoms with E-state index in [1.165, 1.54) is 122 Å². The van der Waals surface area contributed by atoms with E-state index in [2.05, 4.69) is 60.3 Å². The molecular formula is C33H67N. The third kappa shape index (κ3) is 10.1. The van der Waals surface area contributed by atoms with E-state index in [4.69, 9.17) is 0 Å². The fraction of sp³-hybridized carbons (Fsp3) is 1.00. The predicted octanol–water partition coefficient (Wildman–Crippen LogP) is 11.1. The Bertz CT molecular complexity index is 471. The van der Waals surface area contributed by atoms with Gasteiger partial charge in [-0.2, -0.15) is 0 Å². The summed E-state index contributed by atoms with van der Waals surface area (Å²) in [4.78, 5) is 3.08. The summed E-state index contributed by atoms with van der Waals surface area (Å²) in [5, 5.41) is 0. The van der Waals surface area contributed by atoms with Crippen LogP contribution in [0.3, 0.4) is 0 Å². The molecule has 0 aromatic carbocycles. The van der Waals surface area contributed by atoms with Gasteiger partial charge in [0.25, 0.3) is 0 Å². The first-order chi connectivity index (χ1) is 16.4. The Morgan fingerprint density at radius 1 is 0.765 bits per heavy atom. The monoisotopic (exact) mass is 478 g/mol. The van der Waals surface area contributed by atoms with Crippen LogP contribution in [0.25, 0.3) is 0 Å². The minimum Gasteiger partial charge on any atom is -0.295 e. The van der Waals surface area contributed by atoms with E-state index < -0.39 is 0 Å². The summed E-state index contributed by atoms with van der Waals surface area (Å²) in [5.41, 5.74) is 0.423. The molecule has 0 N–H and O–H groups in total. The molecule has 0 amide bonds. The molecule has 0 aromatic rings. The summed E-state index contributed by atoms with van der Waals surface area (Å²) in [7, 11) is 0. The quantitative estimate of drug-likeness (QED) is 0.255. The van der Waals surface area contributed by atoms with Crippen LogP contribution in [0.4, 0.5) is 0 Å². The predicted molar refractivity (Wildman–Crippen MR) is 156 cm³/mol. The molecule has 1 aliphatic rings. The van der Waals surface area contributed by atoms with Gasteiger partial charge in [0.2, 0.25) is 0 Å². The molecule has 0 bridgehead atoms. The molecule has 1 rings (SSSR count). The molecule has 5 unspecified atom stereocenters. The summed E-state index contributed by atoms with van der Waals surface area (Å²) in [5.74, 6) is 3.64. The first kappa shape index (κ1) is 32.0. The van der Waals surface area contributed by atoms with Gasteiger partial charge in [0.15, 0.2) is 0 Å². The molecule has 0 saturated carbocycles. The van der Waals surface area contributed by atoms with Gasteiger partial charge < -0.3 is 0 Å². The van der Waals surface area contributed by atoms with Crippen LogP contribution in [0.5, 0.6) is 0 Å². The van der Waals surface area contributed by atoms with Crippen LogP contribution in [0, 0.1) is 23.7 Å². The van der Waals surface area contributed by atoms with Crippen molar-refractivity contribution in [1.29, 1.82) is 0 Å². The van der Waals surface area contributed by atoms with Crippen LogP contribution in [0.2, 0.25) is 0 Å². The Kier molecular flexibility index (Phi) is 17.2. The van der Waals surface area contributed by atoms with E-state index in [0.717, 1.165) is 29.7 Å². The highest BCUT2D eigenvalue weighted by molar-refractivity contribution is 4.97. The summed E-state index contributed by atoms with van der Waals surface area (Å²) in [6.07, 6.45) is 25.5. The van der Waals surface area contributed by atoms with E-state index in [1.54, 1.807) is 0 Å². The average molecular weight is 478 g/mol. The standard InChI is InChI=1S/C33H67N/c1-9-20-31(28(6)7)27-30-23-16-14-15-19-26-34(29(8)22-17-18-24-30)33(13-5,25-11-3)32(12-4)21-10-2/h28-32H,9-27H2,1-8H3. The zero-order valence-corrected chi connectivity index (χ0v) is 25.3. The summed E-state index contributed by atoms with van der Waals surface area (Å²) < 4.78 is 0. The second-order valence-electron chi connectivity index (χ2n) is 12.5. The molecule has 0 radical (unpaired) electrons. The first-order valence-electron chi connectivity index (χ1n) is 16.2. The highest BCUT2D eigenvalue weighted by Crippen LogP contribution is 2.41. The van der Waals surface area contributed by atoms with Crippen LogP contribution in [0.15, 0.2) is 0 Å². The molecule has 0 spiro atoms. The van der Waals surface area contributed by atoms with Crippen LogP contribution in [-0.4, -0.2) is 23.0 Å². The number of hydrogen-bond acceptors (Lipinski definition) is 1. The highest BCUT2D eigenvalue weighted by Gasteiger charge is 2.41. The van der Waals surface area contributed by atoms with Gasteiger partial charge in [0.1, 0.15) is 0 Å². The molecule has 1 fully saturated rings. The Hall–Kier alpha value is -0.0400. The lowest BCUT2D eigenvalue weighted by Crippen LogP contribution is -2.57. The van der Waals surface area contributed by atoms with Crippen molar-refractivity contribution in [3.63, 3.8) is 0 Å². The zero-order chi connectivity index (χ0) is 25.4. The van der Waals surface area contributed by atoms with Crippen LogP contribution in [-0.2, 0) is 0 Å². The lowest BCUT2D eigenvalue weighted by Gasteiger charge is -2.52. The highest BCUT2D eigenvalue weighted by atomic mass is 15.2. The average Bonchev–Trinajstić information content (AvgIpc) is 2.83. The Labute approximate surface area is 217 Å². The Morgan fingerprint density at radius 2 is 1.38 bits per heavy atom. The Balaban J connectivity index is 2.96. The minimum absolute atomic E-state index is 0.423. The second kappa shape index (κ2) is 18.2. The molecule has 34 heavy (non-hydrogen) atoms. The van der Waals surface area contributed by atoms with Gasteiger partial charge in [0, 0.05) is 11.6 Å². The molecule has 204 valence electrons. The third-order valence-electron chi connectivity index (χ3n) is 9.77. The second-order valence-corrected chi connectivity index (χ2v) is 12.5. The molecule has 0 aromatic heterocycles. The lowest BCUT2D eigenvalue weighted by atomic mass is 9.72. The number of rotatable bonds is 13. The smallest absolute Gasteiger partial charge is 0.0237 e. The van der Waals surface area contributed by atoms with Crippen molar-refractivity contribution in [3.8, 4) is 0 Å². The van der Waals surface area contributed by atoms with Gasteiger partial charge in [0.05, 0.1) is 0 Å². The van der Waals surface area contributed by atoms with E-state index in [0.29, 0.717) is 5.54 Å². The van der Waals surface area contributed by atoms with Crippen LogP contribution >= 0.6 is 0 Å². The third-order valence-corrected chi connectivity index (χ3v) is 9.77. The molecule has 5 atom stereocenters. The van der Waals surface area contributed by atoms with E-state index in [9.17, 15) is 0 Å². The normalized spacial score (nSPS) is 25.7. The van der Waals surface area contributed by atoms with Crippen molar-refractivity contribution in [1.82, 2.24) is 4.90 Å². The van der Waals surface area contributed by atoms with Gasteiger partial charge >= 0.3 is 0 Å². The zero-order valence-electron chi connectivity index (χ0n) is 25.3. The van der Waals surface area contributed by atoms with Crippen molar-refractivity contribution in [2.75, 3.05) is 6.54 Å². The lowest BCUT2D eigenvalue weighted by molar-refractivity contribution is -0.0200. The largest absolute Gasteiger partial charge is 0.295 e. The van der Waals surface area contributed by atoms with E-state index >= 15 is 0 Å². The molecule has 1 nitrogen and oxygen atoms in total. The van der Waals surface area contributed by atoms with E-state index in [-0.39, 0.29) is 0 Å². The number of nitrogens with zero attached hydrogens (tertiary/aromatic N) is 1. The SMILES string of the molecule is CCCC(CC1CCCCCCN(C(CC)(CCC)C(CC)CCC)C(C)CCCC1)C(C)C. The fourth-order valence-corrected chi connectivity index (χ4v) is 7.77. The molecule has 1 saturated heterocycles. The molecule has 1 aliphatic heterocycles. The van der Waals surface area contributed by atoms with Crippen molar-refractivity contribution in [2.45, 2.75) is 183 Å². The van der Waals surface area contributed by atoms with Crippen LogP contribution in [0.1, 0.15) is 171 Å². The van der Waals surface area contributed by atoms with Gasteiger partial charge in [-0.25, -0.2) is 0 Å². The van der Waals surface area contributed by atoms with Crippen molar-refractivity contribution >= 4 is 0 Å². The van der Waals surface area contributed by atoms with Crippen LogP contribution < -0.4 is 0 Å². The molecular weight excluding hydrogens is 410 g/mol. The summed E-state index contributed by atoms with van der Waals surface area (Å²) in [6, 6.07) is 0.736. The maximum atomic E-state index is 3.08. The van der Waals surface area contributed by atoms with Gasteiger partial charge in [-0.3, -0.25) is 4.90 Å². The number of hydrogen-bond donors (Lipinski definition) is 0. The van der Waals surface area contributed by atoms with Gasteiger partial charge in [-0.1, -0.05) is 126 Å². The summed E-state index contributed by atoms with van der Waals surface area (Å²) in [6.45, 7) is 21.0. The topological polar surface area (TPSA) is 3.24 Å². The minimum atomic E-state index is 0.423. The fourth-order valence-electron chi connectivity index (χ4n) is 7.77. The van der Waals surface area contributed by atoms with Gasteiger partial charge in [-0.15, -0.1) is 0 Å². The maximum absolute atomic E-state index is 3.08. The van der Waals surface area contributed by atoms with Crippen molar-refractivity contribution in [2.24, 2.45) is 23.7 Å².